The molecular formula is C27H34N2O3. The molecule has 0 N–H and O–H groups in total. The van der Waals surface area contributed by atoms with E-state index in [2.05, 4.69) is 6.92 Å². The first-order chi connectivity index (χ1) is 15.6. The zero-order valence-electron chi connectivity index (χ0n) is 19.5. The van der Waals surface area contributed by atoms with Crippen LogP contribution in [0.4, 0.5) is 0 Å². The Morgan fingerprint density at radius 3 is 2.19 bits per heavy atom. The molecule has 3 rings (SSSR count). The summed E-state index contributed by atoms with van der Waals surface area (Å²) in [4.78, 5) is 30.4. The third-order valence-electron chi connectivity index (χ3n) is 5.75. The van der Waals surface area contributed by atoms with Gasteiger partial charge in [-0.25, -0.2) is 0 Å². The highest BCUT2D eigenvalue weighted by molar-refractivity contribution is 6.35. The van der Waals surface area contributed by atoms with Crippen molar-refractivity contribution < 1.29 is 14.3 Å². The highest BCUT2D eigenvalue weighted by Gasteiger charge is 2.40. The number of carbonyl (C=O) groups excluding carboxylic acids is 2. The highest BCUT2D eigenvalue weighted by atomic mass is 16.5. The Labute approximate surface area is 191 Å². The van der Waals surface area contributed by atoms with Crippen LogP contribution >= 0.6 is 0 Å². The molecule has 1 heterocycles. The molecule has 5 nitrogen and oxygen atoms in total. The van der Waals surface area contributed by atoms with Gasteiger partial charge in [-0.3, -0.25) is 14.5 Å². The predicted molar refractivity (Wildman–Crippen MR) is 128 cm³/mol. The van der Waals surface area contributed by atoms with Crippen molar-refractivity contribution in [3.8, 4) is 5.75 Å². The molecule has 32 heavy (non-hydrogen) atoms. The first-order valence-electron chi connectivity index (χ1n) is 11.7. The number of benzene rings is 2. The van der Waals surface area contributed by atoms with Gasteiger partial charge in [0, 0.05) is 19.6 Å². The lowest BCUT2D eigenvalue weighted by atomic mass is 10.0. The number of ether oxygens (including phenoxy) is 1. The number of carbonyl (C=O) groups is 2. The van der Waals surface area contributed by atoms with Crippen LogP contribution in [0, 0.1) is 0 Å². The Hall–Kier alpha value is -3.08. The van der Waals surface area contributed by atoms with Gasteiger partial charge in [-0.15, -0.1) is 0 Å². The van der Waals surface area contributed by atoms with Crippen LogP contribution in [0.3, 0.4) is 0 Å². The number of hydrogen-bond donors (Lipinski definition) is 0. The Morgan fingerprint density at radius 2 is 1.56 bits per heavy atom. The number of rotatable bonds is 12. The van der Waals surface area contributed by atoms with Crippen molar-refractivity contribution >= 4 is 17.4 Å². The minimum Gasteiger partial charge on any atom is -0.494 e. The van der Waals surface area contributed by atoms with Crippen molar-refractivity contribution in [2.45, 2.75) is 53.0 Å². The Bertz CT molecular complexity index is 935. The van der Waals surface area contributed by atoms with Gasteiger partial charge in [-0.2, -0.15) is 0 Å². The van der Waals surface area contributed by atoms with E-state index in [4.69, 9.17) is 4.74 Å². The van der Waals surface area contributed by atoms with E-state index in [-0.39, 0.29) is 11.8 Å². The lowest BCUT2D eigenvalue weighted by molar-refractivity contribution is -0.137. The van der Waals surface area contributed by atoms with Gasteiger partial charge in [0.05, 0.1) is 12.2 Å². The van der Waals surface area contributed by atoms with Crippen LogP contribution in [0.25, 0.3) is 5.57 Å². The van der Waals surface area contributed by atoms with Crippen LogP contribution in [0.15, 0.2) is 60.3 Å². The van der Waals surface area contributed by atoms with Crippen LogP contribution in [0.5, 0.6) is 5.75 Å². The molecule has 2 aromatic rings. The van der Waals surface area contributed by atoms with Crippen LogP contribution in [-0.4, -0.2) is 41.3 Å². The minimum atomic E-state index is -0.197. The van der Waals surface area contributed by atoms with Crippen molar-refractivity contribution in [2.75, 3.05) is 19.7 Å². The monoisotopic (exact) mass is 434 g/mol. The summed E-state index contributed by atoms with van der Waals surface area (Å²) < 4.78 is 5.55. The largest absolute Gasteiger partial charge is 0.494 e. The van der Waals surface area contributed by atoms with Crippen LogP contribution in [0.2, 0.25) is 0 Å². The standard InChI is InChI=1S/C27H34N2O3/c1-4-7-8-12-19-29-26(30)24(22-15-17-23(18-16-22)32-6-3)25(27(29)31)28(5-2)20-21-13-10-9-11-14-21/h9-11,13-18H,4-8,12,19-20H2,1-3H3. The van der Waals surface area contributed by atoms with Gasteiger partial charge in [0.1, 0.15) is 11.4 Å². The van der Waals surface area contributed by atoms with Gasteiger partial charge >= 0.3 is 0 Å². The summed E-state index contributed by atoms with van der Waals surface area (Å²) in [5, 5.41) is 0. The SMILES string of the molecule is CCCCCCN1C(=O)C(c2ccc(OCC)cc2)=C(N(CC)Cc2ccccc2)C1=O. The average Bonchev–Trinajstić information content (AvgIpc) is 3.06. The fourth-order valence-corrected chi connectivity index (χ4v) is 4.05. The van der Waals surface area contributed by atoms with E-state index in [0.717, 1.165) is 42.6 Å². The summed E-state index contributed by atoms with van der Waals surface area (Å²) in [6, 6.07) is 17.5. The maximum Gasteiger partial charge on any atom is 0.277 e. The Kier molecular flexibility index (Phi) is 8.48. The lowest BCUT2D eigenvalue weighted by Crippen LogP contribution is -2.35. The van der Waals surface area contributed by atoms with Gasteiger partial charge in [0.15, 0.2) is 0 Å². The van der Waals surface area contributed by atoms with Gasteiger partial charge < -0.3 is 9.64 Å². The van der Waals surface area contributed by atoms with Crippen molar-refractivity contribution in [1.82, 2.24) is 9.80 Å². The van der Waals surface area contributed by atoms with Crippen molar-refractivity contribution in [2.24, 2.45) is 0 Å². The van der Waals surface area contributed by atoms with E-state index in [0.29, 0.717) is 37.5 Å². The molecule has 0 unspecified atom stereocenters. The van der Waals surface area contributed by atoms with E-state index in [1.54, 1.807) is 0 Å². The molecule has 0 saturated carbocycles. The smallest absolute Gasteiger partial charge is 0.277 e. The third-order valence-corrected chi connectivity index (χ3v) is 5.75. The zero-order valence-corrected chi connectivity index (χ0v) is 19.5. The van der Waals surface area contributed by atoms with Crippen molar-refractivity contribution in [3.05, 3.63) is 71.4 Å². The maximum absolute atomic E-state index is 13.5. The minimum absolute atomic E-state index is 0.187. The summed E-state index contributed by atoms with van der Waals surface area (Å²) >= 11 is 0. The number of imide groups is 1. The van der Waals surface area contributed by atoms with E-state index in [1.807, 2.05) is 73.3 Å². The second-order valence-electron chi connectivity index (χ2n) is 8.00. The van der Waals surface area contributed by atoms with E-state index < -0.39 is 0 Å². The number of amides is 2. The third kappa shape index (κ3) is 5.39. The molecule has 0 radical (unpaired) electrons. The van der Waals surface area contributed by atoms with Crippen LogP contribution in [-0.2, 0) is 16.1 Å². The van der Waals surface area contributed by atoms with Gasteiger partial charge in [0.2, 0.25) is 0 Å². The summed E-state index contributed by atoms with van der Waals surface area (Å²) in [6.45, 7) is 8.36. The van der Waals surface area contributed by atoms with E-state index in [9.17, 15) is 9.59 Å². The molecule has 0 atom stereocenters. The number of unbranched alkanes of at least 4 members (excludes halogenated alkanes) is 3. The Balaban J connectivity index is 1.96. The molecule has 0 saturated heterocycles. The lowest BCUT2D eigenvalue weighted by Gasteiger charge is -2.25. The molecule has 1 aliphatic rings. The highest BCUT2D eigenvalue weighted by Crippen LogP contribution is 2.33. The van der Waals surface area contributed by atoms with Crippen molar-refractivity contribution in [3.63, 3.8) is 0 Å². The summed E-state index contributed by atoms with van der Waals surface area (Å²) in [5.74, 6) is 0.369. The molecule has 2 aromatic carbocycles. The quantitative estimate of drug-likeness (QED) is 0.337. The summed E-state index contributed by atoms with van der Waals surface area (Å²) in [5.41, 5.74) is 2.85. The summed E-state index contributed by atoms with van der Waals surface area (Å²) in [6.07, 6.45) is 4.07. The summed E-state index contributed by atoms with van der Waals surface area (Å²) in [7, 11) is 0. The first-order valence-corrected chi connectivity index (χ1v) is 11.7. The molecule has 0 fully saturated rings. The van der Waals surface area contributed by atoms with Gasteiger partial charge in [-0.1, -0.05) is 68.7 Å². The molecule has 0 aromatic heterocycles. The molecule has 1 aliphatic heterocycles. The van der Waals surface area contributed by atoms with Crippen molar-refractivity contribution in [1.29, 1.82) is 0 Å². The van der Waals surface area contributed by atoms with Crippen LogP contribution in [0.1, 0.15) is 57.6 Å². The molecular weight excluding hydrogens is 400 g/mol. The van der Waals surface area contributed by atoms with Gasteiger partial charge in [0.25, 0.3) is 11.8 Å². The zero-order chi connectivity index (χ0) is 22.9. The second kappa shape index (κ2) is 11.5. The molecule has 0 bridgehead atoms. The fourth-order valence-electron chi connectivity index (χ4n) is 4.05. The normalized spacial score (nSPS) is 13.8. The molecule has 0 spiro atoms. The first kappa shape index (κ1) is 23.6. The van der Waals surface area contributed by atoms with E-state index >= 15 is 0 Å². The molecule has 2 amide bonds. The second-order valence-corrected chi connectivity index (χ2v) is 8.00. The topological polar surface area (TPSA) is 49.9 Å². The molecule has 170 valence electrons. The molecule has 5 heteroatoms. The van der Waals surface area contributed by atoms with Gasteiger partial charge in [-0.05, 0) is 43.5 Å². The van der Waals surface area contributed by atoms with E-state index in [1.165, 1.54) is 4.90 Å². The number of hydrogen-bond acceptors (Lipinski definition) is 4. The number of likely N-dealkylation sites (N-methyl/N-ethyl adjacent to an activating group) is 1. The fraction of sp³-hybridized carbons (Fsp3) is 0.407. The predicted octanol–water partition coefficient (Wildman–Crippen LogP) is 5.27. The maximum atomic E-state index is 13.5. The Morgan fingerprint density at radius 1 is 0.844 bits per heavy atom. The molecule has 0 aliphatic carbocycles. The average molecular weight is 435 g/mol. The van der Waals surface area contributed by atoms with Crippen LogP contribution < -0.4 is 4.74 Å². The number of nitrogens with zero attached hydrogens (tertiary/aromatic N) is 2.